The molecule has 2 rings (SSSR count). The molecule has 0 spiro atoms. The molecular weight excluding hydrogens is 212 g/mol. The monoisotopic (exact) mass is 228 g/mol. The van der Waals surface area contributed by atoms with Crippen molar-refractivity contribution in [2.45, 2.75) is 13.8 Å². The van der Waals surface area contributed by atoms with E-state index in [2.05, 4.69) is 24.9 Å². The van der Waals surface area contributed by atoms with Crippen LogP contribution in [0, 0.1) is 13.8 Å². The first-order valence-corrected chi connectivity index (χ1v) is 5.49. The van der Waals surface area contributed by atoms with Gasteiger partial charge in [-0.2, -0.15) is 0 Å². The molecule has 0 saturated carbocycles. The first-order valence-electron chi connectivity index (χ1n) is 5.49. The quantitative estimate of drug-likeness (QED) is 0.859. The van der Waals surface area contributed by atoms with Crippen LogP contribution in [0.5, 0.6) is 5.75 Å². The molecule has 17 heavy (non-hydrogen) atoms. The van der Waals surface area contributed by atoms with E-state index in [9.17, 15) is 0 Å². The molecule has 0 saturated heterocycles. The molecule has 0 aliphatic rings. The van der Waals surface area contributed by atoms with E-state index in [4.69, 9.17) is 10.5 Å². The number of methoxy groups -OCH3 is 1. The fourth-order valence-electron chi connectivity index (χ4n) is 1.97. The smallest absolute Gasteiger partial charge is 0.128 e. The van der Waals surface area contributed by atoms with Gasteiger partial charge >= 0.3 is 0 Å². The molecule has 88 valence electrons. The molecule has 0 bridgehead atoms. The van der Waals surface area contributed by atoms with Gasteiger partial charge in [0.15, 0.2) is 0 Å². The normalized spacial score (nSPS) is 10.3. The first-order chi connectivity index (χ1) is 8.11. The van der Waals surface area contributed by atoms with Crippen molar-refractivity contribution in [2.75, 3.05) is 12.8 Å². The van der Waals surface area contributed by atoms with Gasteiger partial charge in [-0.25, -0.2) is 0 Å². The number of ether oxygens (including phenoxy) is 1. The number of nitrogens with zero attached hydrogens (tertiary/aromatic N) is 1. The number of nitrogen functional groups attached to an aromatic ring is 1. The summed E-state index contributed by atoms with van der Waals surface area (Å²) in [6.45, 7) is 4.11. The molecule has 3 nitrogen and oxygen atoms in total. The molecule has 0 aliphatic carbocycles. The molecular formula is C14H16N2O. The number of hydrogen-bond donors (Lipinski definition) is 1. The van der Waals surface area contributed by atoms with Gasteiger partial charge in [0, 0.05) is 5.56 Å². The molecule has 2 N–H and O–H groups in total. The summed E-state index contributed by atoms with van der Waals surface area (Å²) in [5.41, 5.74) is 10.5. The summed E-state index contributed by atoms with van der Waals surface area (Å²) in [6, 6.07) is 7.90. The van der Waals surface area contributed by atoms with Crippen molar-refractivity contribution >= 4 is 5.69 Å². The van der Waals surface area contributed by atoms with E-state index in [0.717, 1.165) is 22.6 Å². The molecule has 2 aromatic rings. The Morgan fingerprint density at radius 3 is 2.53 bits per heavy atom. The van der Waals surface area contributed by atoms with Crippen molar-refractivity contribution in [2.24, 2.45) is 0 Å². The SMILES string of the molecule is COc1cc(C)cc(C)c1-c1ccc(N)cn1. The van der Waals surface area contributed by atoms with Gasteiger partial charge in [0.2, 0.25) is 0 Å². The lowest BCUT2D eigenvalue weighted by Crippen LogP contribution is -1.95. The summed E-state index contributed by atoms with van der Waals surface area (Å²) in [5.74, 6) is 0.847. The van der Waals surface area contributed by atoms with E-state index in [0.29, 0.717) is 5.69 Å². The molecule has 0 aliphatic heterocycles. The predicted octanol–water partition coefficient (Wildman–Crippen LogP) is 2.96. The van der Waals surface area contributed by atoms with Crippen LogP contribution in [0.25, 0.3) is 11.3 Å². The third kappa shape index (κ3) is 2.23. The van der Waals surface area contributed by atoms with Crippen LogP contribution < -0.4 is 10.5 Å². The average Bonchev–Trinajstić information content (AvgIpc) is 2.30. The Bertz CT molecular complexity index is 533. The third-order valence-corrected chi connectivity index (χ3v) is 2.71. The fourth-order valence-corrected chi connectivity index (χ4v) is 1.97. The second-order valence-electron chi connectivity index (χ2n) is 4.14. The van der Waals surface area contributed by atoms with E-state index in [1.54, 1.807) is 13.3 Å². The van der Waals surface area contributed by atoms with Crippen molar-refractivity contribution in [3.8, 4) is 17.0 Å². The molecule has 1 aromatic carbocycles. The summed E-state index contributed by atoms with van der Waals surface area (Å²) >= 11 is 0. The molecule has 0 amide bonds. The molecule has 0 unspecified atom stereocenters. The molecule has 1 aromatic heterocycles. The van der Waals surface area contributed by atoms with Crippen LogP contribution in [-0.2, 0) is 0 Å². The highest BCUT2D eigenvalue weighted by molar-refractivity contribution is 5.72. The lowest BCUT2D eigenvalue weighted by atomic mass is 10.0. The van der Waals surface area contributed by atoms with Crippen molar-refractivity contribution in [1.82, 2.24) is 4.98 Å². The van der Waals surface area contributed by atoms with Crippen molar-refractivity contribution in [1.29, 1.82) is 0 Å². The first kappa shape index (κ1) is 11.5. The minimum Gasteiger partial charge on any atom is -0.496 e. The Hall–Kier alpha value is -2.03. The zero-order valence-electron chi connectivity index (χ0n) is 10.3. The van der Waals surface area contributed by atoms with E-state index < -0.39 is 0 Å². The highest BCUT2D eigenvalue weighted by atomic mass is 16.5. The average molecular weight is 228 g/mol. The molecule has 0 fully saturated rings. The van der Waals surface area contributed by atoms with Gasteiger partial charge in [0.05, 0.1) is 24.7 Å². The van der Waals surface area contributed by atoms with Crippen LogP contribution in [0.1, 0.15) is 11.1 Å². The minimum atomic E-state index is 0.664. The van der Waals surface area contributed by atoms with Gasteiger partial charge in [0.25, 0.3) is 0 Å². The molecule has 0 atom stereocenters. The zero-order valence-corrected chi connectivity index (χ0v) is 10.3. The Labute approximate surface area is 101 Å². The van der Waals surface area contributed by atoms with Gasteiger partial charge in [0.1, 0.15) is 5.75 Å². The highest BCUT2D eigenvalue weighted by Crippen LogP contribution is 2.33. The van der Waals surface area contributed by atoms with Crippen LogP contribution >= 0.6 is 0 Å². The number of rotatable bonds is 2. The van der Waals surface area contributed by atoms with Crippen LogP contribution in [0.3, 0.4) is 0 Å². The number of aryl methyl sites for hydroxylation is 2. The number of hydrogen-bond acceptors (Lipinski definition) is 3. The van der Waals surface area contributed by atoms with Gasteiger partial charge in [-0.15, -0.1) is 0 Å². The zero-order chi connectivity index (χ0) is 12.4. The summed E-state index contributed by atoms with van der Waals surface area (Å²) in [6.07, 6.45) is 1.66. The predicted molar refractivity (Wildman–Crippen MR) is 70.1 cm³/mol. The molecule has 1 heterocycles. The van der Waals surface area contributed by atoms with Gasteiger partial charge < -0.3 is 10.5 Å². The molecule has 0 radical (unpaired) electrons. The largest absolute Gasteiger partial charge is 0.496 e. The number of anilines is 1. The van der Waals surface area contributed by atoms with Gasteiger partial charge in [-0.3, -0.25) is 4.98 Å². The lowest BCUT2D eigenvalue weighted by molar-refractivity contribution is 0.415. The van der Waals surface area contributed by atoms with Crippen LogP contribution in [0.15, 0.2) is 30.5 Å². The van der Waals surface area contributed by atoms with Gasteiger partial charge in [-0.05, 0) is 43.2 Å². The highest BCUT2D eigenvalue weighted by Gasteiger charge is 2.10. The van der Waals surface area contributed by atoms with Crippen LogP contribution in [0.2, 0.25) is 0 Å². The summed E-state index contributed by atoms with van der Waals surface area (Å²) in [5, 5.41) is 0. The maximum atomic E-state index is 5.64. The van der Waals surface area contributed by atoms with Crippen molar-refractivity contribution < 1.29 is 4.74 Å². The van der Waals surface area contributed by atoms with E-state index in [1.165, 1.54) is 5.56 Å². The lowest BCUT2D eigenvalue weighted by Gasteiger charge is -2.12. The van der Waals surface area contributed by atoms with Crippen LogP contribution in [-0.4, -0.2) is 12.1 Å². The summed E-state index contributed by atoms with van der Waals surface area (Å²) in [4.78, 5) is 4.34. The summed E-state index contributed by atoms with van der Waals surface area (Å²) < 4.78 is 5.42. The molecule has 3 heteroatoms. The number of pyridine rings is 1. The Kier molecular flexibility index (Phi) is 3.00. The number of benzene rings is 1. The van der Waals surface area contributed by atoms with Crippen LogP contribution in [0.4, 0.5) is 5.69 Å². The second kappa shape index (κ2) is 4.45. The topological polar surface area (TPSA) is 48.1 Å². The van der Waals surface area contributed by atoms with E-state index >= 15 is 0 Å². The van der Waals surface area contributed by atoms with Gasteiger partial charge in [-0.1, -0.05) is 6.07 Å². The van der Waals surface area contributed by atoms with Crippen molar-refractivity contribution in [3.63, 3.8) is 0 Å². The van der Waals surface area contributed by atoms with E-state index in [1.807, 2.05) is 18.2 Å². The fraction of sp³-hybridized carbons (Fsp3) is 0.214. The Balaban J connectivity index is 2.61. The second-order valence-corrected chi connectivity index (χ2v) is 4.14. The maximum absolute atomic E-state index is 5.64. The van der Waals surface area contributed by atoms with E-state index in [-0.39, 0.29) is 0 Å². The number of nitrogens with two attached hydrogens (primary N) is 1. The standard InChI is InChI=1S/C14H16N2O/c1-9-6-10(2)14(13(7-9)17-3)12-5-4-11(15)8-16-12/h4-8H,15H2,1-3H3. The maximum Gasteiger partial charge on any atom is 0.128 e. The Morgan fingerprint density at radius 2 is 1.94 bits per heavy atom. The third-order valence-electron chi connectivity index (χ3n) is 2.71. The summed E-state index contributed by atoms with van der Waals surface area (Å²) in [7, 11) is 1.68. The number of aromatic nitrogens is 1. The minimum absolute atomic E-state index is 0.664. The van der Waals surface area contributed by atoms with Crippen molar-refractivity contribution in [3.05, 3.63) is 41.6 Å². The Morgan fingerprint density at radius 1 is 1.18 bits per heavy atom.